The van der Waals surface area contributed by atoms with Crippen LogP contribution in [0.2, 0.25) is 0 Å². The second kappa shape index (κ2) is 7.19. The van der Waals surface area contributed by atoms with Gasteiger partial charge in [-0.3, -0.25) is 0 Å². The van der Waals surface area contributed by atoms with Gasteiger partial charge in [0.25, 0.3) is 0 Å². The van der Waals surface area contributed by atoms with Crippen molar-refractivity contribution in [2.45, 2.75) is 6.54 Å². The monoisotopic (exact) mass is 286 g/mol. The van der Waals surface area contributed by atoms with Crippen LogP contribution in [-0.4, -0.2) is 25.5 Å². The first-order valence-corrected chi connectivity index (χ1v) is 6.49. The van der Waals surface area contributed by atoms with E-state index in [0.717, 1.165) is 16.9 Å². The SMILES string of the molecule is COc1cc(/C=N\NCc2ccccc2OC)ccc1O. The lowest BCUT2D eigenvalue weighted by Crippen LogP contribution is -2.06. The first-order chi connectivity index (χ1) is 10.2. The van der Waals surface area contributed by atoms with E-state index in [0.29, 0.717) is 12.3 Å². The second-order valence-electron chi connectivity index (χ2n) is 4.34. The number of ether oxygens (including phenoxy) is 2. The Bertz CT molecular complexity index is 627. The van der Waals surface area contributed by atoms with E-state index in [1.54, 1.807) is 31.5 Å². The molecule has 2 aromatic carbocycles. The zero-order valence-corrected chi connectivity index (χ0v) is 12.0. The minimum Gasteiger partial charge on any atom is -0.504 e. The molecule has 0 aliphatic heterocycles. The van der Waals surface area contributed by atoms with Crippen LogP contribution in [-0.2, 0) is 6.54 Å². The summed E-state index contributed by atoms with van der Waals surface area (Å²) in [6.45, 7) is 0.565. The predicted molar refractivity (Wildman–Crippen MR) is 82.1 cm³/mol. The molecule has 0 saturated heterocycles. The molecular weight excluding hydrogens is 268 g/mol. The molecule has 2 rings (SSSR count). The first kappa shape index (κ1) is 14.7. The highest BCUT2D eigenvalue weighted by Gasteiger charge is 2.01. The Balaban J connectivity index is 1.96. The number of phenols is 1. The van der Waals surface area contributed by atoms with Crippen LogP contribution in [0.5, 0.6) is 17.2 Å². The maximum atomic E-state index is 9.51. The highest BCUT2D eigenvalue weighted by molar-refractivity contribution is 5.80. The van der Waals surface area contributed by atoms with E-state index >= 15 is 0 Å². The Morgan fingerprint density at radius 2 is 1.86 bits per heavy atom. The van der Waals surface area contributed by atoms with Gasteiger partial charge in [0.15, 0.2) is 11.5 Å². The summed E-state index contributed by atoms with van der Waals surface area (Å²) < 4.78 is 10.3. The van der Waals surface area contributed by atoms with Gasteiger partial charge in [0.2, 0.25) is 0 Å². The number of para-hydroxylation sites is 1. The fraction of sp³-hybridized carbons (Fsp3) is 0.188. The Morgan fingerprint density at radius 1 is 1.10 bits per heavy atom. The van der Waals surface area contributed by atoms with Crippen molar-refractivity contribution in [1.82, 2.24) is 5.43 Å². The Hall–Kier alpha value is -2.69. The largest absolute Gasteiger partial charge is 0.504 e. The Labute approximate surface area is 123 Å². The average Bonchev–Trinajstić information content (AvgIpc) is 2.53. The van der Waals surface area contributed by atoms with Gasteiger partial charge < -0.3 is 20.0 Å². The van der Waals surface area contributed by atoms with Gasteiger partial charge in [-0.2, -0.15) is 5.10 Å². The van der Waals surface area contributed by atoms with E-state index in [4.69, 9.17) is 9.47 Å². The number of benzene rings is 2. The van der Waals surface area contributed by atoms with Crippen molar-refractivity contribution in [3.8, 4) is 17.2 Å². The third-order valence-corrected chi connectivity index (χ3v) is 2.97. The summed E-state index contributed by atoms with van der Waals surface area (Å²) in [5.74, 6) is 1.35. The van der Waals surface area contributed by atoms with E-state index in [1.165, 1.54) is 7.11 Å². The summed E-state index contributed by atoms with van der Waals surface area (Å²) in [7, 11) is 3.15. The van der Waals surface area contributed by atoms with Crippen molar-refractivity contribution >= 4 is 6.21 Å². The molecule has 0 aromatic heterocycles. The fourth-order valence-corrected chi connectivity index (χ4v) is 1.87. The molecule has 0 aliphatic carbocycles. The number of nitrogens with zero attached hydrogens (tertiary/aromatic N) is 1. The molecule has 2 aromatic rings. The van der Waals surface area contributed by atoms with Crippen molar-refractivity contribution in [2.24, 2.45) is 5.10 Å². The lowest BCUT2D eigenvalue weighted by Gasteiger charge is -2.07. The number of aromatic hydroxyl groups is 1. The summed E-state index contributed by atoms with van der Waals surface area (Å²) in [5, 5.41) is 13.7. The summed E-state index contributed by atoms with van der Waals surface area (Å²) in [5.41, 5.74) is 4.82. The zero-order valence-electron chi connectivity index (χ0n) is 12.0. The molecule has 0 spiro atoms. The lowest BCUT2D eigenvalue weighted by molar-refractivity contribution is 0.373. The van der Waals surface area contributed by atoms with Crippen molar-refractivity contribution in [3.63, 3.8) is 0 Å². The van der Waals surface area contributed by atoms with Gasteiger partial charge in [-0.05, 0) is 29.8 Å². The molecule has 21 heavy (non-hydrogen) atoms. The first-order valence-electron chi connectivity index (χ1n) is 6.49. The van der Waals surface area contributed by atoms with Crippen LogP contribution in [0.1, 0.15) is 11.1 Å². The number of hydrogen-bond donors (Lipinski definition) is 2. The van der Waals surface area contributed by atoms with Crippen LogP contribution >= 0.6 is 0 Å². The average molecular weight is 286 g/mol. The standard InChI is InChI=1S/C16H18N2O3/c1-20-15-6-4-3-5-13(15)11-18-17-10-12-7-8-14(19)16(9-12)21-2/h3-10,18-19H,11H2,1-2H3/b17-10-. The van der Waals surface area contributed by atoms with Gasteiger partial charge in [-0.1, -0.05) is 18.2 Å². The molecular formula is C16H18N2O3. The molecule has 0 heterocycles. The highest BCUT2D eigenvalue weighted by atomic mass is 16.5. The summed E-state index contributed by atoms with van der Waals surface area (Å²) in [6, 6.07) is 12.8. The quantitative estimate of drug-likeness (QED) is 0.633. The van der Waals surface area contributed by atoms with Crippen LogP contribution in [0.3, 0.4) is 0 Å². The van der Waals surface area contributed by atoms with Crippen LogP contribution in [0.15, 0.2) is 47.6 Å². The second-order valence-corrected chi connectivity index (χ2v) is 4.34. The van der Waals surface area contributed by atoms with Crippen molar-refractivity contribution in [1.29, 1.82) is 0 Å². The van der Waals surface area contributed by atoms with Gasteiger partial charge in [-0.15, -0.1) is 0 Å². The summed E-state index contributed by atoms with van der Waals surface area (Å²) >= 11 is 0. The van der Waals surface area contributed by atoms with Gasteiger partial charge in [0.1, 0.15) is 5.75 Å². The third kappa shape index (κ3) is 3.89. The fourth-order valence-electron chi connectivity index (χ4n) is 1.87. The topological polar surface area (TPSA) is 63.1 Å². The Kier molecular flexibility index (Phi) is 5.04. The number of rotatable bonds is 6. The van der Waals surface area contributed by atoms with Crippen LogP contribution in [0.4, 0.5) is 0 Å². The van der Waals surface area contributed by atoms with Crippen molar-refractivity contribution in [3.05, 3.63) is 53.6 Å². The zero-order chi connectivity index (χ0) is 15.1. The third-order valence-electron chi connectivity index (χ3n) is 2.97. The van der Waals surface area contributed by atoms with Crippen LogP contribution < -0.4 is 14.9 Å². The van der Waals surface area contributed by atoms with E-state index in [9.17, 15) is 5.11 Å². The number of phenolic OH excluding ortho intramolecular Hbond substituents is 1. The molecule has 0 radical (unpaired) electrons. The van der Waals surface area contributed by atoms with E-state index in [-0.39, 0.29) is 5.75 Å². The van der Waals surface area contributed by atoms with Crippen LogP contribution in [0.25, 0.3) is 0 Å². The van der Waals surface area contributed by atoms with E-state index in [1.807, 2.05) is 24.3 Å². The normalized spacial score (nSPS) is 10.6. The van der Waals surface area contributed by atoms with Crippen molar-refractivity contribution in [2.75, 3.05) is 14.2 Å². The summed E-state index contributed by atoms with van der Waals surface area (Å²) in [6.07, 6.45) is 1.66. The lowest BCUT2D eigenvalue weighted by atomic mass is 10.2. The Morgan fingerprint density at radius 3 is 2.62 bits per heavy atom. The van der Waals surface area contributed by atoms with Gasteiger partial charge in [0, 0.05) is 5.56 Å². The number of nitrogens with one attached hydrogen (secondary N) is 1. The van der Waals surface area contributed by atoms with Crippen molar-refractivity contribution < 1.29 is 14.6 Å². The molecule has 0 amide bonds. The number of methoxy groups -OCH3 is 2. The minimum atomic E-state index is 0.108. The molecule has 2 N–H and O–H groups in total. The molecule has 5 heteroatoms. The van der Waals surface area contributed by atoms with Crippen LogP contribution in [0, 0.1) is 0 Å². The molecule has 110 valence electrons. The van der Waals surface area contributed by atoms with E-state index < -0.39 is 0 Å². The molecule has 0 bridgehead atoms. The molecule has 0 atom stereocenters. The number of hydrazone groups is 1. The van der Waals surface area contributed by atoms with Gasteiger partial charge in [-0.25, -0.2) is 0 Å². The molecule has 5 nitrogen and oxygen atoms in total. The molecule has 0 aliphatic rings. The predicted octanol–water partition coefficient (Wildman–Crippen LogP) is 2.53. The van der Waals surface area contributed by atoms with Gasteiger partial charge in [0.05, 0.1) is 27.0 Å². The number of hydrogen-bond acceptors (Lipinski definition) is 5. The smallest absolute Gasteiger partial charge is 0.161 e. The maximum Gasteiger partial charge on any atom is 0.161 e. The van der Waals surface area contributed by atoms with E-state index in [2.05, 4.69) is 10.5 Å². The molecule has 0 fully saturated rings. The summed E-state index contributed by atoms with van der Waals surface area (Å²) in [4.78, 5) is 0. The molecule has 0 saturated carbocycles. The minimum absolute atomic E-state index is 0.108. The maximum absolute atomic E-state index is 9.51. The highest BCUT2D eigenvalue weighted by Crippen LogP contribution is 2.25. The molecule has 0 unspecified atom stereocenters. The van der Waals surface area contributed by atoms with Gasteiger partial charge >= 0.3 is 0 Å².